The standard InChI is InChI=1S/C21H24ClN3O2/c1-4-5-6-7-11-25-20(26)16(12-23)14(2)17(21(25)27)13-24-19-10-8-9-18(22)15(19)3/h8-10,13,27H,4-7,11H2,1-3H3. The van der Waals surface area contributed by atoms with E-state index in [4.69, 9.17) is 11.6 Å². The van der Waals surface area contributed by atoms with Crippen LogP contribution in [0.2, 0.25) is 5.02 Å². The second kappa shape index (κ2) is 9.38. The van der Waals surface area contributed by atoms with E-state index in [0.29, 0.717) is 28.4 Å². The van der Waals surface area contributed by atoms with E-state index in [1.807, 2.05) is 19.1 Å². The maximum Gasteiger partial charge on any atom is 0.271 e. The lowest BCUT2D eigenvalue weighted by molar-refractivity contribution is 0.397. The van der Waals surface area contributed by atoms with E-state index in [9.17, 15) is 15.2 Å². The molecule has 0 amide bonds. The number of aromatic nitrogens is 1. The van der Waals surface area contributed by atoms with Gasteiger partial charge in [-0.25, -0.2) is 0 Å². The van der Waals surface area contributed by atoms with Crippen LogP contribution in [0.3, 0.4) is 0 Å². The third-order valence-electron chi connectivity index (χ3n) is 4.65. The van der Waals surface area contributed by atoms with Gasteiger partial charge in [0.1, 0.15) is 11.6 Å². The van der Waals surface area contributed by atoms with Crippen molar-refractivity contribution in [3.8, 4) is 11.9 Å². The van der Waals surface area contributed by atoms with Gasteiger partial charge in [-0.15, -0.1) is 0 Å². The van der Waals surface area contributed by atoms with E-state index in [2.05, 4.69) is 11.9 Å². The average Bonchev–Trinajstić information content (AvgIpc) is 2.64. The van der Waals surface area contributed by atoms with Crippen LogP contribution in [0.1, 0.15) is 54.9 Å². The van der Waals surface area contributed by atoms with Crippen molar-refractivity contribution < 1.29 is 5.11 Å². The Kier molecular flexibility index (Phi) is 7.20. The fourth-order valence-corrected chi connectivity index (χ4v) is 3.07. The lowest BCUT2D eigenvalue weighted by Gasteiger charge is -2.14. The Morgan fingerprint density at radius 3 is 2.67 bits per heavy atom. The van der Waals surface area contributed by atoms with Crippen LogP contribution in [0, 0.1) is 25.2 Å². The Balaban J connectivity index is 2.49. The predicted molar refractivity (Wildman–Crippen MR) is 109 cm³/mol. The van der Waals surface area contributed by atoms with Gasteiger partial charge < -0.3 is 5.11 Å². The number of benzene rings is 1. The first-order valence-electron chi connectivity index (χ1n) is 9.08. The van der Waals surface area contributed by atoms with E-state index < -0.39 is 5.56 Å². The Labute approximate surface area is 164 Å². The first kappa shape index (κ1) is 20.7. The minimum absolute atomic E-state index is 0.0348. The van der Waals surface area contributed by atoms with Gasteiger partial charge in [0.05, 0.1) is 11.3 Å². The number of rotatable bonds is 7. The molecule has 0 aliphatic heterocycles. The molecule has 6 heteroatoms. The Hall–Kier alpha value is -2.58. The minimum atomic E-state index is -0.458. The molecule has 1 aromatic carbocycles. The van der Waals surface area contributed by atoms with Gasteiger partial charge in [0.15, 0.2) is 0 Å². The van der Waals surface area contributed by atoms with Crippen molar-refractivity contribution in [3.05, 3.63) is 55.8 Å². The molecular weight excluding hydrogens is 362 g/mol. The monoisotopic (exact) mass is 385 g/mol. The van der Waals surface area contributed by atoms with Crippen LogP contribution in [0.15, 0.2) is 28.0 Å². The van der Waals surface area contributed by atoms with E-state index >= 15 is 0 Å². The molecule has 1 N–H and O–H groups in total. The van der Waals surface area contributed by atoms with Crippen molar-refractivity contribution in [2.24, 2.45) is 4.99 Å². The highest BCUT2D eigenvalue weighted by atomic mass is 35.5. The number of nitrogens with zero attached hydrogens (tertiary/aromatic N) is 3. The minimum Gasteiger partial charge on any atom is -0.494 e. The highest BCUT2D eigenvalue weighted by molar-refractivity contribution is 6.31. The number of unbranched alkanes of at least 4 members (excludes halogenated alkanes) is 3. The first-order chi connectivity index (χ1) is 12.9. The number of pyridine rings is 1. The molecule has 2 aromatic rings. The number of aliphatic imine (C=N–C) groups is 1. The summed E-state index contributed by atoms with van der Waals surface area (Å²) in [5.41, 5.74) is 1.86. The first-order valence-corrected chi connectivity index (χ1v) is 9.45. The number of aromatic hydroxyl groups is 1. The molecule has 1 aromatic heterocycles. The van der Waals surface area contributed by atoms with Crippen molar-refractivity contribution in [1.29, 1.82) is 5.26 Å². The van der Waals surface area contributed by atoms with Crippen molar-refractivity contribution in [2.75, 3.05) is 0 Å². The van der Waals surface area contributed by atoms with Gasteiger partial charge in [0.25, 0.3) is 5.56 Å². The van der Waals surface area contributed by atoms with Crippen LogP contribution in [0.4, 0.5) is 5.69 Å². The largest absolute Gasteiger partial charge is 0.494 e. The molecule has 0 unspecified atom stereocenters. The molecule has 2 rings (SSSR count). The molecule has 142 valence electrons. The lowest BCUT2D eigenvalue weighted by Crippen LogP contribution is -2.25. The summed E-state index contributed by atoms with van der Waals surface area (Å²) in [6.07, 6.45) is 5.36. The fraction of sp³-hybridized carbons (Fsp3) is 0.381. The maximum atomic E-state index is 12.5. The van der Waals surface area contributed by atoms with Crippen LogP contribution in [0.25, 0.3) is 0 Å². The van der Waals surface area contributed by atoms with Crippen LogP contribution in [0.5, 0.6) is 5.88 Å². The number of hydrogen-bond acceptors (Lipinski definition) is 4. The summed E-state index contributed by atoms with van der Waals surface area (Å²) >= 11 is 6.12. The summed E-state index contributed by atoms with van der Waals surface area (Å²) < 4.78 is 1.27. The molecule has 1 heterocycles. The molecule has 0 bridgehead atoms. The quantitative estimate of drug-likeness (QED) is 0.536. The maximum absolute atomic E-state index is 12.5. The Morgan fingerprint density at radius 1 is 1.26 bits per heavy atom. The molecule has 0 spiro atoms. The summed E-state index contributed by atoms with van der Waals surface area (Å²) in [4.78, 5) is 17.0. The van der Waals surface area contributed by atoms with Crippen molar-refractivity contribution in [1.82, 2.24) is 4.57 Å². The Bertz CT molecular complexity index is 955. The molecule has 0 atom stereocenters. The third-order valence-corrected chi connectivity index (χ3v) is 5.06. The van der Waals surface area contributed by atoms with E-state index in [1.54, 1.807) is 19.1 Å². The highest BCUT2D eigenvalue weighted by Crippen LogP contribution is 2.27. The SMILES string of the molecule is CCCCCCn1c(O)c(C=Nc2cccc(Cl)c2C)c(C)c(C#N)c1=O. The van der Waals surface area contributed by atoms with Gasteiger partial charge in [0.2, 0.25) is 5.88 Å². The van der Waals surface area contributed by atoms with E-state index in [-0.39, 0.29) is 11.4 Å². The zero-order valence-electron chi connectivity index (χ0n) is 15.9. The molecular formula is C21H24ClN3O2. The lowest BCUT2D eigenvalue weighted by atomic mass is 10.1. The summed E-state index contributed by atoms with van der Waals surface area (Å²) in [6.45, 7) is 5.98. The van der Waals surface area contributed by atoms with Gasteiger partial charge in [-0.1, -0.05) is 43.9 Å². The van der Waals surface area contributed by atoms with E-state index in [1.165, 1.54) is 10.8 Å². The summed E-state index contributed by atoms with van der Waals surface area (Å²) in [5.74, 6) is -0.156. The zero-order valence-corrected chi connectivity index (χ0v) is 16.7. The predicted octanol–water partition coefficient (Wildman–Crippen LogP) is 5.03. The van der Waals surface area contributed by atoms with Gasteiger partial charge >= 0.3 is 0 Å². The summed E-state index contributed by atoms with van der Waals surface area (Å²) in [5, 5.41) is 20.7. The molecule has 5 nitrogen and oxygen atoms in total. The number of hydrogen-bond donors (Lipinski definition) is 1. The van der Waals surface area contributed by atoms with Gasteiger partial charge in [0, 0.05) is 17.8 Å². The van der Waals surface area contributed by atoms with E-state index in [0.717, 1.165) is 31.2 Å². The number of nitriles is 1. The molecule has 27 heavy (non-hydrogen) atoms. The topological polar surface area (TPSA) is 78.4 Å². The Morgan fingerprint density at radius 2 is 2.00 bits per heavy atom. The fourth-order valence-electron chi connectivity index (χ4n) is 2.90. The summed E-state index contributed by atoms with van der Waals surface area (Å²) in [6, 6.07) is 7.36. The van der Waals surface area contributed by atoms with Gasteiger partial charge in [-0.2, -0.15) is 5.26 Å². The molecule has 0 radical (unpaired) electrons. The van der Waals surface area contributed by atoms with Crippen molar-refractivity contribution >= 4 is 23.5 Å². The third kappa shape index (κ3) is 4.58. The van der Waals surface area contributed by atoms with Crippen LogP contribution in [-0.4, -0.2) is 15.9 Å². The normalized spacial score (nSPS) is 11.1. The van der Waals surface area contributed by atoms with Crippen LogP contribution in [-0.2, 0) is 6.54 Å². The smallest absolute Gasteiger partial charge is 0.271 e. The van der Waals surface area contributed by atoms with Crippen LogP contribution >= 0.6 is 11.6 Å². The highest BCUT2D eigenvalue weighted by Gasteiger charge is 2.17. The summed E-state index contributed by atoms with van der Waals surface area (Å²) in [7, 11) is 0. The second-order valence-electron chi connectivity index (χ2n) is 6.51. The second-order valence-corrected chi connectivity index (χ2v) is 6.92. The number of halogens is 1. The van der Waals surface area contributed by atoms with Crippen LogP contribution < -0.4 is 5.56 Å². The molecule has 0 aliphatic rings. The average molecular weight is 386 g/mol. The molecule has 0 fully saturated rings. The van der Waals surface area contributed by atoms with Crippen molar-refractivity contribution in [3.63, 3.8) is 0 Å². The van der Waals surface area contributed by atoms with Gasteiger partial charge in [-0.05, 0) is 43.5 Å². The molecule has 0 aliphatic carbocycles. The zero-order chi connectivity index (χ0) is 20.0. The van der Waals surface area contributed by atoms with Crippen molar-refractivity contribution in [2.45, 2.75) is 53.0 Å². The molecule has 0 saturated carbocycles. The molecule has 0 saturated heterocycles. The van der Waals surface area contributed by atoms with Gasteiger partial charge in [-0.3, -0.25) is 14.4 Å².